The van der Waals surface area contributed by atoms with E-state index in [1.807, 2.05) is 26.8 Å². The Balaban J connectivity index is 2.27. The minimum absolute atomic E-state index is 0.00667. The summed E-state index contributed by atoms with van der Waals surface area (Å²) in [5.41, 5.74) is 0. The highest BCUT2D eigenvalue weighted by molar-refractivity contribution is 5.95. The zero-order valence-corrected chi connectivity index (χ0v) is 10.8. The van der Waals surface area contributed by atoms with E-state index < -0.39 is 6.03 Å². The Morgan fingerprint density at radius 1 is 1.33 bits per heavy atom. The van der Waals surface area contributed by atoms with Crippen LogP contribution >= 0.6 is 0 Å². The van der Waals surface area contributed by atoms with Crippen LogP contribution in [0.15, 0.2) is 22.8 Å². The summed E-state index contributed by atoms with van der Waals surface area (Å²) in [6, 6.07) is 3.03. The van der Waals surface area contributed by atoms with Crippen molar-refractivity contribution in [3.05, 3.63) is 24.2 Å². The Kier molecular flexibility index (Phi) is 5.38. The van der Waals surface area contributed by atoms with Gasteiger partial charge in [-0.15, -0.1) is 0 Å². The Bertz CT molecular complexity index is 387. The van der Waals surface area contributed by atoms with Gasteiger partial charge in [0.05, 0.1) is 18.8 Å². The summed E-state index contributed by atoms with van der Waals surface area (Å²) in [5.74, 6) is 0.362. The fourth-order valence-corrected chi connectivity index (χ4v) is 1.35. The predicted octanol–water partition coefficient (Wildman–Crippen LogP) is 1.16. The molecule has 3 N–H and O–H groups in total. The number of urea groups is 1. The molecule has 0 radical (unpaired) electrons. The topological polar surface area (TPSA) is 83.4 Å². The van der Waals surface area contributed by atoms with Gasteiger partial charge in [0, 0.05) is 6.04 Å². The first-order chi connectivity index (χ1) is 8.49. The average Bonchev–Trinajstić information content (AvgIpc) is 2.77. The molecule has 6 heteroatoms. The van der Waals surface area contributed by atoms with Crippen molar-refractivity contribution in [3.8, 4) is 0 Å². The molecule has 1 rings (SSSR count). The molecule has 1 aromatic rings. The number of hydrogen-bond acceptors (Lipinski definition) is 4. The van der Waals surface area contributed by atoms with Crippen LogP contribution in [-0.4, -0.2) is 24.5 Å². The van der Waals surface area contributed by atoms with Crippen molar-refractivity contribution >= 4 is 11.9 Å². The number of carbonyl (C=O) groups excluding carboxylic acids is 2. The molecule has 0 unspecified atom stereocenters. The molecule has 0 spiro atoms. The van der Waals surface area contributed by atoms with Crippen molar-refractivity contribution in [2.24, 2.45) is 0 Å². The van der Waals surface area contributed by atoms with Crippen LogP contribution in [0.4, 0.5) is 4.79 Å². The molecule has 100 valence electrons. The molecule has 0 saturated heterocycles. The molecule has 0 aliphatic rings. The summed E-state index contributed by atoms with van der Waals surface area (Å²) in [7, 11) is 0. The van der Waals surface area contributed by atoms with Gasteiger partial charge in [-0.25, -0.2) is 4.79 Å². The second-order valence-corrected chi connectivity index (χ2v) is 4.29. The lowest BCUT2D eigenvalue weighted by Crippen LogP contribution is -2.45. The summed E-state index contributed by atoms with van der Waals surface area (Å²) in [6.45, 7) is 5.57. The molecule has 0 bridgehead atoms. The van der Waals surface area contributed by atoms with E-state index in [9.17, 15) is 9.59 Å². The Labute approximate surface area is 106 Å². The third-order valence-corrected chi connectivity index (χ3v) is 2.21. The SMILES string of the molecule is CC(C)NC(=O)NC(=O)CN[C@H](C)c1ccco1. The van der Waals surface area contributed by atoms with Gasteiger partial charge < -0.3 is 9.73 Å². The van der Waals surface area contributed by atoms with Gasteiger partial charge in [0.2, 0.25) is 5.91 Å². The third kappa shape index (κ3) is 5.01. The summed E-state index contributed by atoms with van der Waals surface area (Å²) in [6.07, 6.45) is 1.57. The highest BCUT2D eigenvalue weighted by atomic mass is 16.3. The van der Waals surface area contributed by atoms with Crippen LogP contribution < -0.4 is 16.0 Å². The minimum Gasteiger partial charge on any atom is -0.468 e. The summed E-state index contributed by atoms with van der Waals surface area (Å²) in [5, 5.41) is 7.76. The zero-order chi connectivity index (χ0) is 13.5. The summed E-state index contributed by atoms with van der Waals surface area (Å²) in [4.78, 5) is 22.7. The number of hydrogen-bond donors (Lipinski definition) is 3. The van der Waals surface area contributed by atoms with Crippen LogP contribution in [0, 0.1) is 0 Å². The molecule has 1 atom stereocenters. The normalized spacial score (nSPS) is 12.2. The first-order valence-corrected chi connectivity index (χ1v) is 5.86. The molecule has 6 nitrogen and oxygen atoms in total. The van der Waals surface area contributed by atoms with Gasteiger partial charge in [0.15, 0.2) is 0 Å². The number of nitrogens with one attached hydrogen (secondary N) is 3. The first kappa shape index (κ1) is 14.2. The predicted molar refractivity (Wildman–Crippen MR) is 66.9 cm³/mol. The van der Waals surface area contributed by atoms with Crippen molar-refractivity contribution in [1.82, 2.24) is 16.0 Å². The third-order valence-electron chi connectivity index (χ3n) is 2.21. The van der Waals surface area contributed by atoms with Crippen molar-refractivity contribution in [3.63, 3.8) is 0 Å². The van der Waals surface area contributed by atoms with Crippen LogP contribution in [0.2, 0.25) is 0 Å². The van der Waals surface area contributed by atoms with E-state index in [1.165, 1.54) is 0 Å². The molecule has 3 amide bonds. The molecule has 1 aromatic heterocycles. The lowest BCUT2D eigenvalue weighted by molar-refractivity contribution is -0.119. The Morgan fingerprint density at radius 3 is 2.61 bits per heavy atom. The smallest absolute Gasteiger partial charge is 0.321 e. The maximum absolute atomic E-state index is 11.4. The van der Waals surface area contributed by atoms with Gasteiger partial charge in [-0.2, -0.15) is 0 Å². The summed E-state index contributed by atoms with van der Waals surface area (Å²) >= 11 is 0. The number of rotatable bonds is 5. The van der Waals surface area contributed by atoms with Crippen molar-refractivity contribution < 1.29 is 14.0 Å². The van der Waals surface area contributed by atoms with Gasteiger partial charge in [0.25, 0.3) is 0 Å². The monoisotopic (exact) mass is 253 g/mol. The van der Waals surface area contributed by atoms with Crippen molar-refractivity contribution in [2.75, 3.05) is 6.54 Å². The highest BCUT2D eigenvalue weighted by Crippen LogP contribution is 2.11. The van der Waals surface area contributed by atoms with E-state index in [0.29, 0.717) is 0 Å². The van der Waals surface area contributed by atoms with Crippen LogP contribution in [0.1, 0.15) is 32.6 Å². The molecular weight excluding hydrogens is 234 g/mol. The van der Waals surface area contributed by atoms with Gasteiger partial charge in [-0.3, -0.25) is 15.4 Å². The average molecular weight is 253 g/mol. The van der Waals surface area contributed by atoms with Crippen LogP contribution in [0.3, 0.4) is 0 Å². The van der Waals surface area contributed by atoms with E-state index in [4.69, 9.17) is 4.42 Å². The van der Waals surface area contributed by atoms with E-state index in [1.54, 1.807) is 12.3 Å². The maximum atomic E-state index is 11.4. The standard InChI is InChI=1S/C12H19N3O3/c1-8(2)14-12(17)15-11(16)7-13-9(3)10-5-4-6-18-10/h4-6,8-9,13H,7H2,1-3H3,(H2,14,15,16,17)/t9-/m1/s1. The highest BCUT2D eigenvalue weighted by Gasteiger charge is 2.12. The van der Waals surface area contributed by atoms with E-state index in [2.05, 4.69) is 16.0 Å². The fourth-order valence-electron chi connectivity index (χ4n) is 1.35. The molecule has 0 fully saturated rings. The molecule has 0 aliphatic heterocycles. The quantitative estimate of drug-likeness (QED) is 0.735. The van der Waals surface area contributed by atoms with Gasteiger partial charge >= 0.3 is 6.03 Å². The number of amides is 3. The number of carbonyl (C=O) groups is 2. The second-order valence-electron chi connectivity index (χ2n) is 4.29. The van der Waals surface area contributed by atoms with Gasteiger partial charge in [0.1, 0.15) is 5.76 Å². The molecule has 0 aliphatic carbocycles. The number of furan rings is 1. The molecule has 0 aromatic carbocycles. The minimum atomic E-state index is -0.484. The Hall–Kier alpha value is -1.82. The molecular formula is C12H19N3O3. The van der Waals surface area contributed by atoms with Crippen molar-refractivity contribution in [2.45, 2.75) is 32.9 Å². The lowest BCUT2D eigenvalue weighted by Gasteiger charge is -2.12. The number of imide groups is 1. The molecule has 18 heavy (non-hydrogen) atoms. The summed E-state index contributed by atoms with van der Waals surface area (Å²) < 4.78 is 5.19. The van der Waals surface area contributed by atoms with E-state index in [-0.39, 0.29) is 24.5 Å². The first-order valence-electron chi connectivity index (χ1n) is 5.86. The maximum Gasteiger partial charge on any atom is 0.321 e. The van der Waals surface area contributed by atoms with Crippen LogP contribution in [-0.2, 0) is 4.79 Å². The Morgan fingerprint density at radius 2 is 2.06 bits per heavy atom. The molecule has 0 saturated carbocycles. The van der Waals surface area contributed by atoms with Gasteiger partial charge in [-0.1, -0.05) is 0 Å². The van der Waals surface area contributed by atoms with Crippen LogP contribution in [0.5, 0.6) is 0 Å². The fraction of sp³-hybridized carbons (Fsp3) is 0.500. The lowest BCUT2D eigenvalue weighted by atomic mass is 10.2. The van der Waals surface area contributed by atoms with Gasteiger partial charge in [-0.05, 0) is 32.9 Å². The zero-order valence-electron chi connectivity index (χ0n) is 10.8. The van der Waals surface area contributed by atoms with Crippen LogP contribution in [0.25, 0.3) is 0 Å². The van der Waals surface area contributed by atoms with Crippen molar-refractivity contribution in [1.29, 1.82) is 0 Å². The second kappa shape index (κ2) is 6.80. The van der Waals surface area contributed by atoms with E-state index >= 15 is 0 Å². The molecule has 1 heterocycles. The van der Waals surface area contributed by atoms with E-state index in [0.717, 1.165) is 5.76 Å². The largest absolute Gasteiger partial charge is 0.468 e.